The number of hydrogen-bond donors (Lipinski definition) is 1. The summed E-state index contributed by atoms with van der Waals surface area (Å²) in [4.78, 5) is 16.0. The molecule has 1 N–H and O–H groups in total. The highest BCUT2D eigenvalue weighted by molar-refractivity contribution is 7.11. The summed E-state index contributed by atoms with van der Waals surface area (Å²) in [5.41, 5.74) is 1.59. The Balaban J connectivity index is 2.03. The summed E-state index contributed by atoms with van der Waals surface area (Å²) in [6.45, 7) is 4.43. The van der Waals surface area contributed by atoms with Gasteiger partial charge in [-0.3, -0.25) is 4.79 Å². The van der Waals surface area contributed by atoms with E-state index in [9.17, 15) is 4.79 Å². The summed E-state index contributed by atoms with van der Waals surface area (Å²) in [7, 11) is 0. The van der Waals surface area contributed by atoms with Crippen LogP contribution >= 0.6 is 11.3 Å². The van der Waals surface area contributed by atoms with Crippen LogP contribution in [0.25, 0.3) is 0 Å². The van der Waals surface area contributed by atoms with Crippen molar-refractivity contribution in [2.45, 2.75) is 13.8 Å². The minimum atomic E-state index is -0.183. The summed E-state index contributed by atoms with van der Waals surface area (Å²) in [6.07, 6.45) is 0. The zero-order valence-electron chi connectivity index (χ0n) is 10.3. The van der Waals surface area contributed by atoms with Crippen molar-refractivity contribution in [3.05, 3.63) is 40.3 Å². The van der Waals surface area contributed by atoms with Crippen LogP contribution in [0.1, 0.15) is 22.4 Å². The first-order valence-electron chi connectivity index (χ1n) is 5.65. The topological polar surface area (TPSA) is 51.2 Å². The fourth-order valence-corrected chi connectivity index (χ4v) is 2.13. The van der Waals surface area contributed by atoms with Crippen molar-refractivity contribution in [2.75, 3.05) is 11.9 Å². The standard InChI is InChI=1S/C13H14N2O2S/c1-3-17-11-6-4-10(5-7-11)15-12(16)13-14-9(2)8-18-13/h4-8H,3H2,1-2H3,(H,15,16). The Labute approximate surface area is 110 Å². The molecule has 0 radical (unpaired) electrons. The molecular weight excluding hydrogens is 248 g/mol. The molecule has 0 saturated heterocycles. The van der Waals surface area contributed by atoms with Crippen LogP contribution in [0.3, 0.4) is 0 Å². The summed E-state index contributed by atoms with van der Waals surface area (Å²) in [5.74, 6) is 0.609. The van der Waals surface area contributed by atoms with Crippen LogP contribution in [0.5, 0.6) is 5.75 Å². The lowest BCUT2D eigenvalue weighted by atomic mass is 10.3. The SMILES string of the molecule is CCOc1ccc(NC(=O)c2nc(C)cs2)cc1. The van der Waals surface area contributed by atoms with E-state index in [0.29, 0.717) is 11.6 Å². The maximum atomic E-state index is 11.8. The number of aryl methyl sites for hydroxylation is 1. The number of carbonyl (C=O) groups excluding carboxylic acids is 1. The van der Waals surface area contributed by atoms with Gasteiger partial charge in [0.15, 0.2) is 5.01 Å². The van der Waals surface area contributed by atoms with Gasteiger partial charge in [0.1, 0.15) is 5.75 Å². The van der Waals surface area contributed by atoms with Gasteiger partial charge in [0.05, 0.1) is 6.61 Å². The van der Waals surface area contributed by atoms with Gasteiger partial charge in [0.25, 0.3) is 5.91 Å². The summed E-state index contributed by atoms with van der Waals surface area (Å²) < 4.78 is 5.33. The number of nitrogens with one attached hydrogen (secondary N) is 1. The summed E-state index contributed by atoms with van der Waals surface area (Å²) >= 11 is 1.34. The van der Waals surface area contributed by atoms with Gasteiger partial charge >= 0.3 is 0 Å². The van der Waals surface area contributed by atoms with E-state index < -0.39 is 0 Å². The number of nitrogens with zero attached hydrogens (tertiary/aromatic N) is 1. The minimum Gasteiger partial charge on any atom is -0.494 e. The molecule has 0 spiro atoms. The highest BCUT2D eigenvalue weighted by atomic mass is 32.1. The second-order valence-electron chi connectivity index (χ2n) is 3.71. The third-order valence-corrected chi connectivity index (χ3v) is 3.20. The maximum absolute atomic E-state index is 11.8. The smallest absolute Gasteiger partial charge is 0.284 e. The third-order valence-electron chi connectivity index (χ3n) is 2.24. The Bertz CT molecular complexity index is 534. The van der Waals surface area contributed by atoms with Crippen molar-refractivity contribution >= 4 is 22.9 Å². The summed E-state index contributed by atoms with van der Waals surface area (Å²) in [6, 6.07) is 7.27. The minimum absolute atomic E-state index is 0.183. The Hall–Kier alpha value is -1.88. The summed E-state index contributed by atoms with van der Waals surface area (Å²) in [5, 5.41) is 5.12. The van der Waals surface area contributed by atoms with Crippen LogP contribution < -0.4 is 10.1 Å². The number of thiazole rings is 1. The molecule has 0 atom stereocenters. The average molecular weight is 262 g/mol. The highest BCUT2D eigenvalue weighted by Crippen LogP contribution is 2.17. The van der Waals surface area contributed by atoms with E-state index in [-0.39, 0.29) is 5.91 Å². The fourth-order valence-electron chi connectivity index (χ4n) is 1.44. The third kappa shape index (κ3) is 3.07. The lowest BCUT2D eigenvalue weighted by Crippen LogP contribution is -2.11. The van der Waals surface area contributed by atoms with Gasteiger partial charge in [-0.1, -0.05) is 0 Å². The first-order valence-corrected chi connectivity index (χ1v) is 6.53. The normalized spacial score (nSPS) is 10.1. The van der Waals surface area contributed by atoms with Gasteiger partial charge in [-0.05, 0) is 38.1 Å². The molecular formula is C13H14N2O2S. The van der Waals surface area contributed by atoms with E-state index >= 15 is 0 Å². The van der Waals surface area contributed by atoms with E-state index in [1.165, 1.54) is 11.3 Å². The Morgan fingerprint density at radius 1 is 1.39 bits per heavy atom. The van der Waals surface area contributed by atoms with Crippen molar-refractivity contribution in [3.63, 3.8) is 0 Å². The van der Waals surface area contributed by atoms with Crippen LogP contribution in [-0.4, -0.2) is 17.5 Å². The molecule has 94 valence electrons. The highest BCUT2D eigenvalue weighted by Gasteiger charge is 2.09. The van der Waals surface area contributed by atoms with Crippen LogP contribution in [0, 0.1) is 6.92 Å². The van der Waals surface area contributed by atoms with Gasteiger partial charge in [-0.25, -0.2) is 4.98 Å². The lowest BCUT2D eigenvalue weighted by Gasteiger charge is -2.05. The molecule has 1 aromatic heterocycles. The Morgan fingerprint density at radius 2 is 2.11 bits per heavy atom. The second kappa shape index (κ2) is 5.64. The predicted molar refractivity (Wildman–Crippen MR) is 72.4 cm³/mol. The van der Waals surface area contributed by atoms with Gasteiger partial charge in [0, 0.05) is 16.8 Å². The second-order valence-corrected chi connectivity index (χ2v) is 4.56. The maximum Gasteiger partial charge on any atom is 0.284 e. The van der Waals surface area contributed by atoms with Crippen LogP contribution in [-0.2, 0) is 0 Å². The van der Waals surface area contributed by atoms with Crippen LogP contribution in [0.4, 0.5) is 5.69 Å². The van der Waals surface area contributed by atoms with E-state index in [2.05, 4.69) is 10.3 Å². The number of ether oxygens (including phenoxy) is 1. The van der Waals surface area contributed by atoms with Crippen molar-refractivity contribution in [1.82, 2.24) is 4.98 Å². The number of carbonyl (C=O) groups is 1. The number of benzene rings is 1. The molecule has 5 heteroatoms. The van der Waals surface area contributed by atoms with Gasteiger partial charge < -0.3 is 10.1 Å². The number of rotatable bonds is 4. The van der Waals surface area contributed by atoms with Crippen molar-refractivity contribution in [3.8, 4) is 5.75 Å². The van der Waals surface area contributed by atoms with Gasteiger partial charge in [-0.2, -0.15) is 0 Å². The first-order chi connectivity index (χ1) is 8.69. The zero-order chi connectivity index (χ0) is 13.0. The van der Waals surface area contributed by atoms with E-state index in [1.807, 2.05) is 43.5 Å². The van der Waals surface area contributed by atoms with Crippen molar-refractivity contribution in [1.29, 1.82) is 0 Å². The van der Waals surface area contributed by atoms with E-state index in [0.717, 1.165) is 17.1 Å². The molecule has 2 rings (SSSR count). The van der Waals surface area contributed by atoms with Crippen molar-refractivity contribution < 1.29 is 9.53 Å². The molecule has 0 unspecified atom stereocenters. The molecule has 4 nitrogen and oxygen atoms in total. The van der Waals surface area contributed by atoms with E-state index in [4.69, 9.17) is 4.74 Å². The molecule has 1 amide bonds. The molecule has 18 heavy (non-hydrogen) atoms. The zero-order valence-corrected chi connectivity index (χ0v) is 11.1. The van der Waals surface area contributed by atoms with Crippen LogP contribution in [0.2, 0.25) is 0 Å². The van der Waals surface area contributed by atoms with Gasteiger partial charge in [0.2, 0.25) is 0 Å². The largest absolute Gasteiger partial charge is 0.494 e. The number of hydrogen-bond acceptors (Lipinski definition) is 4. The molecule has 0 aliphatic heterocycles. The number of amides is 1. The average Bonchev–Trinajstić information content (AvgIpc) is 2.79. The van der Waals surface area contributed by atoms with E-state index in [1.54, 1.807) is 0 Å². The van der Waals surface area contributed by atoms with Crippen LogP contribution in [0.15, 0.2) is 29.6 Å². The number of anilines is 1. The molecule has 1 aromatic carbocycles. The molecule has 0 bridgehead atoms. The molecule has 2 aromatic rings. The van der Waals surface area contributed by atoms with Crippen molar-refractivity contribution in [2.24, 2.45) is 0 Å². The Morgan fingerprint density at radius 3 is 2.67 bits per heavy atom. The number of aromatic nitrogens is 1. The first kappa shape index (κ1) is 12.6. The molecule has 0 aliphatic carbocycles. The molecule has 1 heterocycles. The quantitative estimate of drug-likeness (QED) is 0.921. The molecule has 0 saturated carbocycles. The molecule has 0 fully saturated rings. The fraction of sp³-hybridized carbons (Fsp3) is 0.231. The lowest BCUT2D eigenvalue weighted by molar-refractivity contribution is 0.102. The predicted octanol–water partition coefficient (Wildman–Crippen LogP) is 3.10. The van der Waals surface area contributed by atoms with Gasteiger partial charge in [-0.15, -0.1) is 11.3 Å². The monoisotopic (exact) mass is 262 g/mol. The molecule has 0 aliphatic rings. The Kier molecular flexibility index (Phi) is 3.94.